The van der Waals surface area contributed by atoms with Crippen LogP contribution in [0.15, 0.2) is 41.9 Å². The van der Waals surface area contributed by atoms with Crippen molar-refractivity contribution in [3.8, 4) is 11.5 Å². The van der Waals surface area contributed by atoms with Crippen LogP contribution in [-0.4, -0.2) is 12.1 Å². The Morgan fingerprint density at radius 3 is 3.00 bits per heavy atom. The Hall–Kier alpha value is -2.27. The third kappa shape index (κ3) is 2.40. The fourth-order valence-electron chi connectivity index (χ4n) is 1.98. The van der Waals surface area contributed by atoms with Crippen molar-refractivity contribution >= 4 is 27.2 Å². The van der Waals surface area contributed by atoms with Gasteiger partial charge in [-0.2, -0.15) is 0 Å². The number of ether oxygens (including phenoxy) is 2. The van der Waals surface area contributed by atoms with E-state index in [2.05, 4.69) is 4.98 Å². The zero-order valence-electron chi connectivity index (χ0n) is 11.0. The molecule has 0 fully saturated rings. The molecule has 0 saturated heterocycles. The molecule has 0 radical (unpaired) electrons. The lowest BCUT2D eigenvalue weighted by molar-refractivity contribution is 0.307. The van der Waals surface area contributed by atoms with Crippen LogP contribution in [0.5, 0.6) is 11.5 Å². The standard InChI is InChI=1S/C15H14N2O2S/c1-18-11-4-2-3-10(7-11)8-19-12-5-6-13-15(14(12)16)17-9-20-13/h2-7,9H,8,16H2,1H3. The van der Waals surface area contributed by atoms with Crippen molar-refractivity contribution in [3.63, 3.8) is 0 Å². The monoisotopic (exact) mass is 286 g/mol. The number of thiazole rings is 1. The van der Waals surface area contributed by atoms with Gasteiger partial charge in [-0.15, -0.1) is 11.3 Å². The molecule has 3 rings (SSSR count). The highest BCUT2D eigenvalue weighted by atomic mass is 32.1. The number of nitrogens with two attached hydrogens (primary N) is 1. The molecule has 1 aromatic heterocycles. The van der Waals surface area contributed by atoms with E-state index in [9.17, 15) is 0 Å². The van der Waals surface area contributed by atoms with Crippen molar-refractivity contribution in [2.75, 3.05) is 12.8 Å². The highest BCUT2D eigenvalue weighted by molar-refractivity contribution is 7.16. The summed E-state index contributed by atoms with van der Waals surface area (Å²) in [6.45, 7) is 0.442. The van der Waals surface area contributed by atoms with Gasteiger partial charge in [0.2, 0.25) is 0 Å². The Morgan fingerprint density at radius 2 is 2.15 bits per heavy atom. The molecular formula is C15H14N2O2S. The molecule has 4 nitrogen and oxygen atoms in total. The number of benzene rings is 2. The number of nitrogens with zero attached hydrogens (tertiary/aromatic N) is 1. The average Bonchev–Trinajstić information content (AvgIpc) is 2.96. The van der Waals surface area contributed by atoms with E-state index in [1.807, 2.05) is 36.4 Å². The SMILES string of the molecule is COc1cccc(COc2ccc3scnc3c2N)c1. The van der Waals surface area contributed by atoms with Gasteiger partial charge < -0.3 is 15.2 Å². The Morgan fingerprint density at radius 1 is 1.25 bits per heavy atom. The van der Waals surface area contributed by atoms with Crippen LogP contribution >= 0.6 is 11.3 Å². The summed E-state index contributed by atoms with van der Waals surface area (Å²) in [7, 11) is 1.65. The minimum atomic E-state index is 0.442. The van der Waals surface area contributed by atoms with E-state index in [0.29, 0.717) is 18.0 Å². The fourth-order valence-corrected chi connectivity index (χ4v) is 2.68. The van der Waals surface area contributed by atoms with Gasteiger partial charge in [0, 0.05) is 0 Å². The number of rotatable bonds is 4. The molecule has 0 bridgehead atoms. The van der Waals surface area contributed by atoms with E-state index in [1.54, 1.807) is 24.0 Å². The molecule has 2 aromatic carbocycles. The second-order valence-electron chi connectivity index (χ2n) is 4.32. The van der Waals surface area contributed by atoms with Gasteiger partial charge in [-0.3, -0.25) is 0 Å². The Labute approximate surface area is 120 Å². The quantitative estimate of drug-likeness (QED) is 0.746. The maximum atomic E-state index is 6.08. The molecule has 0 aliphatic rings. The Balaban J connectivity index is 1.80. The molecule has 0 atom stereocenters. The van der Waals surface area contributed by atoms with Crippen LogP contribution in [0.1, 0.15) is 5.56 Å². The van der Waals surface area contributed by atoms with Crippen molar-refractivity contribution in [2.24, 2.45) is 0 Å². The van der Waals surface area contributed by atoms with Crippen molar-refractivity contribution < 1.29 is 9.47 Å². The topological polar surface area (TPSA) is 57.4 Å². The van der Waals surface area contributed by atoms with E-state index >= 15 is 0 Å². The minimum Gasteiger partial charge on any atom is -0.497 e. The normalized spacial score (nSPS) is 10.7. The lowest BCUT2D eigenvalue weighted by atomic mass is 10.2. The van der Waals surface area contributed by atoms with Gasteiger partial charge in [-0.25, -0.2) is 4.98 Å². The van der Waals surface area contributed by atoms with Crippen molar-refractivity contribution in [1.82, 2.24) is 4.98 Å². The third-order valence-electron chi connectivity index (χ3n) is 3.03. The van der Waals surface area contributed by atoms with Crippen LogP contribution in [0.2, 0.25) is 0 Å². The average molecular weight is 286 g/mol. The Bertz CT molecular complexity index is 740. The summed E-state index contributed by atoms with van der Waals surface area (Å²) in [5.74, 6) is 1.47. The Kier molecular flexibility index (Phi) is 3.43. The van der Waals surface area contributed by atoms with Crippen molar-refractivity contribution in [2.45, 2.75) is 6.61 Å². The molecule has 2 N–H and O–H groups in total. The minimum absolute atomic E-state index is 0.442. The molecule has 0 aliphatic carbocycles. The molecule has 0 saturated carbocycles. The summed E-state index contributed by atoms with van der Waals surface area (Å²) in [5, 5.41) is 0. The molecule has 0 aliphatic heterocycles. The highest BCUT2D eigenvalue weighted by Gasteiger charge is 2.08. The van der Waals surface area contributed by atoms with Crippen LogP contribution in [0.4, 0.5) is 5.69 Å². The maximum absolute atomic E-state index is 6.08. The van der Waals surface area contributed by atoms with Crippen LogP contribution in [0, 0.1) is 0 Å². The maximum Gasteiger partial charge on any atom is 0.145 e. The van der Waals surface area contributed by atoms with Gasteiger partial charge in [-0.05, 0) is 29.8 Å². The first-order chi connectivity index (χ1) is 9.78. The number of aromatic nitrogens is 1. The van der Waals surface area contributed by atoms with E-state index in [1.165, 1.54) is 0 Å². The molecule has 1 heterocycles. The zero-order valence-corrected chi connectivity index (χ0v) is 11.8. The first-order valence-corrected chi connectivity index (χ1v) is 7.03. The summed E-state index contributed by atoms with van der Waals surface area (Å²) in [5.41, 5.74) is 10.3. The van der Waals surface area contributed by atoms with Crippen LogP contribution in [-0.2, 0) is 6.61 Å². The molecule has 0 spiro atoms. The number of anilines is 1. The first-order valence-electron chi connectivity index (χ1n) is 6.15. The molecule has 3 aromatic rings. The summed E-state index contributed by atoms with van der Waals surface area (Å²) in [6, 6.07) is 11.6. The lowest BCUT2D eigenvalue weighted by Gasteiger charge is -2.10. The number of hydrogen-bond acceptors (Lipinski definition) is 5. The second-order valence-corrected chi connectivity index (χ2v) is 5.20. The lowest BCUT2D eigenvalue weighted by Crippen LogP contribution is -1.99. The smallest absolute Gasteiger partial charge is 0.145 e. The largest absolute Gasteiger partial charge is 0.497 e. The summed E-state index contributed by atoms with van der Waals surface area (Å²) in [4.78, 5) is 4.25. The molecule has 5 heteroatoms. The van der Waals surface area contributed by atoms with Crippen molar-refractivity contribution in [3.05, 3.63) is 47.5 Å². The summed E-state index contributed by atoms with van der Waals surface area (Å²) in [6.07, 6.45) is 0. The van der Waals surface area contributed by atoms with E-state index in [0.717, 1.165) is 21.5 Å². The third-order valence-corrected chi connectivity index (χ3v) is 3.82. The van der Waals surface area contributed by atoms with Crippen molar-refractivity contribution in [1.29, 1.82) is 0 Å². The summed E-state index contributed by atoms with van der Waals surface area (Å²) < 4.78 is 12.0. The first kappa shape index (κ1) is 12.7. The zero-order chi connectivity index (χ0) is 13.9. The molecule has 0 amide bonds. The highest BCUT2D eigenvalue weighted by Crippen LogP contribution is 2.32. The van der Waals surface area contributed by atoms with Crippen LogP contribution < -0.4 is 15.2 Å². The van der Waals surface area contributed by atoms with E-state index < -0.39 is 0 Å². The number of hydrogen-bond donors (Lipinski definition) is 1. The second kappa shape index (κ2) is 5.38. The molecule has 102 valence electrons. The van der Waals surface area contributed by atoms with Crippen LogP contribution in [0.25, 0.3) is 10.2 Å². The van der Waals surface area contributed by atoms with Gasteiger partial charge in [0.25, 0.3) is 0 Å². The van der Waals surface area contributed by atoms with Gasteiger partial charge >= 0.3 is 0 Å². The molecule has 0 unspecified atom stereocenters. The van der Waals surface area contributed by atoms with Gasteiger partial charge in [-0.1, -0.05) is 12.1 Å². The summed E-state index contributed by atoms with van der Waals surface area (Å²) >= 11 is 1.57. The number of fused-ring (bicyclic) bond motifs is 1. The van der Waals surface area contributed by atoms with Gasteiger partial charge in [0.1, 0.15) is 29.3 Å². The van der Waals surface area contributed by atoms with E-state index in [4.69, 9.17) is 15.2 Å². The predicted octanol–water partition coefficient (Wildman–Crippen LogP) is 3.47. The number of methoxy groups -OCH3 is 1. The molecular weight excluding hydrogens is 272 g/mol. The fraction of sp³-hybridized carbons (Fsp3) is 0.133. The van der Waals surface area contributed by atoms with Gasteiger partial charge in [0.15, 0.2) is 0 Å². The van der Waals surface area contributed by atoms with Crippen LogP contribution in [0.3, 0.4) is 0 Å². The predicted molar refractivity (Wildman–Crippen MR) is 81.4 cm³/mol. The number of nitrogen functional groups attached to an aromatic ring is 1. The van der Waals surface area contributed by atoms with Gasteiger partial charge in [0.05, 0.1) is 17.3 Å². The molecule has 20 heavy (non-hydrogen) atoms. The van der Waals surface area contributed by atoms with E-state index in [-0.39, 0.29) is 0 Å².